The van der Waals surface area contributed by atoms with Crippen LogP contribution in [0.3, 0.4) is 0 Å². The first-order chi connectivity index (χ1) is 42.9. The number of rotatable bonds is 10. The average Bonchev–Trinajstić information content (AvgIpc) is 1.87. The summed E-state index contributed by atoms with van der Waals surface area (Å²) in [5, 5.41) is 4.74. The van der Waals surface area contributed by atoms with Crippen LogP contribution in [0.25, 0.3) is 145 Å². The second kappa shape index (κ2) is 21.6. The number of fused-ring (bicyclic) bond motifs is 6. The molecule has 0 N–H and O–H groups in total. The molecule has 5 nitrogen and oxygen atoms in total. The van der Waals surface area contributed by atoms with Gasteiger partial charge in [0.2, 0.25) is 0 Å². The molecule has 15 rings (SSSR count). The maximum absolute atomic E-state index is 5.34. The van der Waals surface area contributed by atoms with Gasteiger partial charge in [-0.1, -0.05) is 210 Å². The van der Waals surface area contributed by atoms with Gasteiger partial charge in [-0.15, -0.1) is 0 Å². The zero-order valence-corrected chi connectivity index (χ0v) is 50.9. The molecule has 12 aromatic carbocycles. The van der Waals surface area contributed by atoms with Crippen LogP contribution in [-0.2, 0) is 0 Å². The molecule has 0 spiro atoms. The van der Waals surface area contributed by atoms with Crippen LogP contribution in [0, 0.1) is 55.4 Å². The predicted molar refractivity (Wildman–Crippen MR) is 370 cm³/mol. The van der Waals surface area contributed by atoms with Crippen molar-refractivity contribution in [3.63, 3.8) is 0 Å². The van der Waals surface area contributed by atoms with E-state index in [9.17, 15) is 0 Å². The highest BCUT2D eigenvalue weighted by Gasteiger charge is 2.24. The summed E-state index contributed by atoms with van der Waals surface area (Å²) in [5.41, 5.74) is 31.1. The Morgan fingerprint density at radius 1 is 0.216 bits per heavy atom. The molecule has 0 amide bonds. The third-order valence-electron chi connectivity index (χ3n) is 17.9. The topological polar surface area (TPSA) is 48.5 Å². The van der Waals surface area contributed by atoms with Gasteiger partial charge in [-0.05, 0) is 183 Å². The number of para-hydroxylation sites is 1. The van der Waals surface area contributed by atoms with E-state index in [0.29, 0.717) is 17.5 Å². The van der Waals surface area contributed by atoms with Crippen molar-refractivity contribution >= 4 is 43.6 Å². The van der Waals surface area contributed by atoms with E-state index in [1.165, 1.54) is 111 Å². The summed E-state index contributed by atoms with van der Waals surface area (Å²) in [6.07, 6.45) is 0. The van der Waals surface area contributed by atoms with Crippen LogP contribution in [0.5, 0.6) is 0 Å². The van der Waals surface area contributed by atoms with Gasteiger partial charge in [-0.2, -0.15) is 0 Å². The van der Waals surface area contributed by atoms with Crippen LogP contribution in [0.2, 0.25) is 0 Å². The number of hydrogen-bond donors (Lipinski definition) is 0. The Kier molecular flexibility index (Phi) is 13.3. The molecule has 422 valence electrons. The largest absolute Gasteiger partial charge is 0.309 e. The first-order valence-corrected chi connectivity index (χ1v) is 30.5. The van der Waals surface area contributed by atoms with Crippen LogP contribution in [-0.4, -0.2) is 24.1 Å². The lowest BCUT2D eigenvalue weighted by molar-refractivity contribution is 1.07. The molecular weight excluding hydrogens is 1070 g/mol. The van der Waals surface area contributed by atoms with Crippen molar-refractivity contribution in [3.8, 4) is 101 Å². The number of hydrogen-bond acceptors (Lipinski definition) is 3. The Bertz CT molecular complexity index is 5020. The summed E-state index contributed by atoms with van der Waals surface area (Å²) in [6, 6.07) is 91.6. The van der Waals surface area contributed by atoms with Gasteiger partial charge < -0.3 is 9.13 Å². The molecule has 0 unspecified atom stereocenters. The molecule has 0 saturated carbocycles. The Balaban J connectivity index is 1.02. The predicted octanol–water partition coefficient (Wildman–Crippen LogP) is 21.9. The van der Waals surface area contributed by atoms with Crippen molar-refractivity contribution in [2.45, 2.75) is 55.4 Å². The van der Waals surface area contributed by atoms with E-state index in [4.69, 9.17) is 15.0 Å². The van der Waals surface area contributed by atoms with Crippen LogP contribution in [0.4, 0.5) is 0 Å². The highest BCUT2D eigenvalue weighted by atomic mass is 15.0. The van der Waals surface area contributed by atoms with E-state index in [1.54, 1.807) is 0 Å². The normalized spacial score (nSPS) is 11.6. The Hall–Kier alpha value is -10.8. The number of benzene rings is 12. The molecule has 5 heteroatoms. The van der Waals surface area contributed by atoms with Crippen LogP contribution in [0.1, 0.15) is 44.5 Å². The zero-order chi connectivity index (χ0) is 59.9. The lowest BCUT2D eigenvalue weighted by Crippen LogP contribution is -2.04. The molecule has 0 bridgehead atoms. The molecule has 88 heavy (non-hydrogen) atoms. The molecule has 0 radical (unpaired) electrons. The molecule has 0 aliphatic carbocycles. The second-order valence-corrected chi connectivity index (χ2v) is 24.2. The summed E-state index contributed by atoms with van der Waals surface area (Å²) >= 11 is 0. The fraction of sp³-hybridized carbons (Fsp3) is 0.0964. The molecule has 0 saturated heterocycles. The van der Waals surface area contributed by atoms with E-state index >= 15 is 0 Å². The van der Waals surface area contributed by atoms with Gasteiger partial charge in [0, 0.05) is 49.4 Å². The van der Waals surface area contributed by atoms with Gasteiger partial charge in [0.05, 0.1) is 33.4 Å². The first kappa shape index (κ1) is 53.9. The zero-order valence-electron chi connectivity index (χ0n) is 50.9. The summed E-state index contributed by atoms with van der Waals surface area (Å²) in [5.74, 6) is 1.82. The van der Waals surface area contributed by atoms with Crippen LogP contribution >= 0.6 is 0 Å². The fourth-order valence-corrected chi connectivity index (χ4v) is 13.7. The van der Waals surface area contributed by atoms with Crippen molar-refractivity contribution in [2.75, 3.05) is 0 Å². The highest BCUT2D eigenvalue weighted by Crippen LogP contribution is 2.46. The Labute approximate surface area is 514 Å². The molecule has 3 heterocycles. The maximum Gasteiger partial charge on any atom is 0.164 e. The van der Waals surface area contributed by atoms with Gasteiger partial charge in [-0.25, -0.2) is 15.0 Å². The van der Waals surface area contributed by atoms with E-state index in [1.807, 2.05) is 36.4 Å². The molecular formula is C83H65N5. The monoisotopic (exact) mass is 1130 g/mol. The summed E-state index contributed by atoms with van der Waals surface area (Å²) in [6.45, 7) is 17.6. The fourth-order valence-electron chi connectivity index (χ4n) is 13.7. The number of aromatic nitrogens is 5. The van der Waals surface area contributed by atoms with Crippen LogP contribution in [0.15, 0.2) is 249 Å². The van der Waals surface area contributed by atoms with Gasteiger partial charge in [-0.3, -0.25) is 0 Å². The lowest BCUT2D eigenvalue weighted by atomic mass is 9.95. The highest BCUT2D eigenvalue weighted by molar-refractivity contribution is 6.14. The molecule has 0 aliphatic heterocycles. The van der Waals surface area contributed by atoms with Crippen LogP contribution < -0.4 is 0 Å². The molecule has 0 fully saturated rings. The Morgan fingerprint density at radius 2 is 0.511 bits per heavy atom. The van der Waals surface area contributed by atoms with E-state index in [0.717, 1.165) is 61.3 Å². The van der Waals surface area contributed by atoms with Crippen molar-refractivity contribution in [1.29, 1.82) is 0 Å². The quantitative estimate of drug-likeness (QED) is 0.137. The van der Waals surface area contributed by atoms with E-state index < -0.39 is 0 Å². The summed E-state index contributed by atoms with van der Waals surface area (Å²) < 4.78 is 4.99. The molecule has 3 aromatic heterocycles. The van der Waals surface area contributed by atoms with E-state index in [-0.39, 0.29) is 0 Å². The number of nitrogens with zero attached hydrogens (tertiary/aromatic N) is 5. The van der Waals surface area contributed by atoms with E-state index in [2.05, 4.69) is 277 Å². The molecule has 15 aromatic rings. The van der Waals surface area contributed by atoms with Gasteiger partial charge in [0.25, 0.3) is 0 Å². The van der Waals surface area contributed by atoms with Crippen molar-refractivity contribution in [2.24, 2.45) is 0 Å². The van der Waals surface area contributed by atoms with Crippen molar-refractivity contribution in [1.82, 2.24) is 24.1 Å². The SMILES string of the molecule is Cc1ccc(-c2ccc3c(c2)c2cc(-c4ccc(C)cc4C)ccc2n3-c2ccccc2-c2ccc(-c3nc(-c4ccccc4)nc(-c4ccccc4)n3)cc2-n2c3ccc(-c4ccc(C)cc4C)cc3c3cc(-c4ccc(C)cc4C)ccc32)c(C)c1. The minimum absolute atomic E-state index is 0.588. The minimum atomic E-state index is 0.588. The smallest absolute Gasteiger partial charge is 0.164 e. The standard InChI is InChI=1S/C83H65N5/c1-50-23-32-65(54(5)41-50)60-28-37-76-71(45-60)72-46-61(66-33-24-51(2)42-55(66)6)29-38-77(72)87(76)75-22-16-15-21-69(75)70-36-27-64(83-85-81(58-17-11-9-12-18-58)84-82(86-83)59-19-13-10-14-20-59)49-80(70)88-78-39-30-62(67-34-25-52(3)43-56(67)7)47-73(78)74-48-63(31-40-79(74)88)68-35-26-53(4)44-57(68)8/h9-49H,1-8H3. The van der Waals surface area contributed by atoms with Crippen molar-refractivity contribution in [3.05, 3.63) is 293 Å². The van der Waals surface area contributed by atoms with Gasteiger partial charge in [0.15, 0.2) is 17.5 Å². The second-order valence-electron chi connectivity index (χ2n) is 24.2. The minimum Gasteiger partial charge on any atom is -0.309 e. The number of aryl methyl sites for hydroxylation is 8. The summed E-state index contributed by atoms with van der Waals surface area (Å²) in [7, 11) is 0. The van der Waals surface area contributed by atoms with Gasteiger partial charge >= 0.3 is 0 Å². The Morgan fingerprint density at radius 3 is 0.875 bits per heavy atom. The van der Waals surface area contributed by atoms with Crippen molar-refractivity contribution < 1.29 is 0 Å². The third-order valence-corrected chi connectivity index (χ3v) is 17.9. The van der Waals surface area contributed by atoms with Gasteiger partial charge in [0.1, 0.15) is 0 Å². The average molecular weight is 1130 g/mol. The lowest BCUT2D eigenvalue weighted by Gasteiger charge is -2.20. The third kappa shape index (κ3) is 9.47. The molecule has 0 atom stereocenters. The summed E-state index contributed by atoms with van der Waals surface area (Å²) in [4.78, 5) is 15.8. The maximum atomic E-state index is 5.34. The first-order valence-electron chi connectivity index (χ1n) is 30.5. The molecule has 0 aliphatic rings.